The molecular formula is C24H29N5OS2. The average molecular weight is 468 g/mol. The molecule has 1 fully saturated rings. The van der Waals surface area contributed by atoms with Gasteiger partial charge in [0.15, 0.2) is 5.65 Å². The fourth-order valence-corrected chi connectivity index (χ4v) is 6.09. The van der Waals surface area contributed by atoms with Gasteiger partial charge in [0.25, 0.3) is 0 Å². The van der Waals surface area contributed by atoms with Crippen LogP contribution in [0.4, 0.5) is 5.82 Å². The molecule has 2 aliphatic rings. The SMILES string of the molecule is CC(C)(C)S(=O)N[C@@H]1c2ccccc2CC12CCN(c1cnc3[nH]c(=S)ccc3n1)CC2. The normalized spacial score (nSPS) is 21.1. The Hall–Kier alpha value is -2.16. The van der Waals surface area contributed by atoms with Gasteiger partial charge >= 0.3 is 0 Å². The third kappa shape index (κ3) is 3.89. The van der Waals surface area contributed by atoms with Crippen LogP contribution >= 0.6 is 12.2 Å². The molecule has 32 heavy (non-hydrogen) atoms. The molecule has 3 heterocycles. The minimum absolute atomic E-state index is 0.0659. The standard InChI is InChI=1S/C24H29N5OS2/c1-23(2,3)32(30)28-21-17-7-5-4-6-16(17)14-24(21)10-12-29(13-11-24)19-15-25-22-18(26-19)8-9-20(31)27-22/h4-9,15,21,28H,10-14H2,1-3H3,(H,25,27,31)/t21-,32?/m1/s1. The molecule has 0 amide bonds. The molecule has 1 unspecified atom stereocenters. The lowest BCUT2D eigenvalue weighted by Gasteiger charge is -2.44. The number of nitrogens with zero attached hydrogens (tertiary/aromatic N) is 3. The summed E-state index contributed by atoms with van der Waals surface area (Å²) in [6, 6.07) is 12.5. The molecule has 5 rings (SSSR count). The van der Waals surface area contributed by atoms with Gasteiger partial charge in [-0.15, -0.1) is 0 Å². The second-order valence-electron chi connectivity index (χ2n) is 9.94. The Kier molecular flexibility index (Phi) is 5.42. The molecule has 1 aliphatic heterocycles. The quantitative estimate of drug-likeness (QED) is 0.550. The largest absolute Gasteiger partial charge is 0.355 e. The van der Waals surface area contributed by atoms with Crippen LogP contribution in [0.1, 0.15) is 50.8 Å². The Morgan fingerprint density at radius 3 is 2.69 bits per heavy atom. The van der Waals surface area contributed by atoms with Gasteiger partial charge in [0.05, 0.1) is 28.0 Å². The van der Waals surface area contributed by atoms with Crippen molar-refractivity contribution in [1.29, 1.82) is 0 Å². The number of rotatable bonds is 3. The van der Waals surface area contributed by atoms with Gasteiger partial charge < -0.3 is 9.88 Å². The molecule has 1 aliphatic carbocycles. The molecule has 2 aromatic heterocycles. The van der Waals surface area contributed by atoms with E-state index in [4.69, 9.17) is 17.2 Å². The van der Waals surface area contributed by atoms with E-state index in [2.05, 4.69) is 43.9 Å². The lowest BCUT2D eigenvalue weighted by Crippen LogP contribution is -2.48. The summed E-state index contributed by atoms with van der Waals surface area (Å²) >= 11 is 5.19. The van der Waals surface area contributed by atoms with Crippen LogP contribution in [0.25, 0.3) is 11.2 Å². The van der Waals surface area contributed by atoms with Crippen molar-refractivity contribution in [2.24, 2.45) is 5.41 Å². The molecule has 1 saturated heterocycles. The number of nitrogens with one attached hydrogen (secondary N) is 2. The predicted molar refractivity (Wildman–Crippen MR) is 133 cm³/mol. The highest BCUT2D eigenvalue weighted by Gasteiger charge is 2.48. The lowest BCUT2D eigenvalue weighted by atomic mass is 9.73. The number of hydrogen-bond acceptors (Lipinski definition) is 5. The summed E-state index contributed by atoms with van der Waals surface area (Å²) in [5.74, 6) is 0.899. The van der Waals surface area contributed by atoms with Gasteiger partial charge in [-0.05, 0) is 68.7 Å². The van der Waals surface area contributed by atoms with E-state index in [1.165, 1.54) is 11.1 Å². The molecule has 0 bridgehead atoms. The Morgan fingerprint density at radius 2 is 1.94 bits per heavy atom. The molecule has 6 nitrogen and oxygen atoms in total. The monoisotopic (exact) mass is 467 g/mol. The summed E-state index contributed by atoms with van der Waals surface area (Å²) in [7, 11) is -1.12. The number of piperidine rings is 1. The Labute approximate surface area is 196 Å². The minimum Gasteiger partial charge on any atom is -0.355 e. The highest BCUT2D eigenvalue weighted by atomic mass is 32.2. The van der Waals surface area contributed by atoms with E-state index in [-0.39, 0.29) is 16.2 Å². The lowest BCUT2D eigenvalue weighted by molar-refractivity contribution is 0.177. The van der Waals surface area contributed by atoms with E-state index in [9.17, 15) is 4.21 Å². The number of fused-ring (bicyclic) bond motifs is 2. The average Bonchev–Trinajstić information content (AvgIpc) is 3.06. The van der Waals surface area contributed by atoms with Crippen LogP contribution in [0, 0.1) is 10.1 Å². The van der Waals surface area contributed by atoms with Crippen LogP contribution in [0.15, 0.2) is 42.6 Å². The van der Waals surface area contributed by atoms with E-state index in [0.717, 1.165) is 49.3 Å². The van der Waals surface area contributed by atoms with Crippen LogP contribution in [0.2, 0.25) is 0 Å². The van der Waals surface area contributed by atoms with Crippen molar-refractivity contribution in [2.75, 3.05) is 18.0 Å². The van der Waals surface area contributed by atoms with Gasteiger partial charge in [-0.2, -0.15) is 0 Å². The van der Waals surface area contributed by atoms with Gasteiger partial charge in [-0.3, -0.25) is 0 Å². The number of hydrogen-bond donors (Lipinski definition) is 2. The molecule has 1 aromatic carbocycles. The zero-order valence-electron chi connectivity index (χ0n) is 18.7. The molecule has 2 N–H and O–H groups in total. The van der Waals surface area contributed by atoms with Crippen molar-refractivity contribution in [3.05, 3.63) is 58.4 Å². The fourth-order valence-electron chi connectivity index (χ4n) is 4.98. The summed E-state index contributed by atoms with van der Waals surface area (Å²) in [4.78, 5) is 14.8. The van der Waals surface area contributed by atoms with Crippen LogP contribution < -0.4 is 9.62 Å². The Balaban J connectivity index is 1.40. The van der Waals surface area contributed by atoms with E-state index in [1.807, 2.05) is 39.1 Å². The number of benzene rings is 1. The first kappa shape index (κ1) is 21.7. The van der Waals surface area contributed by atoms with E-state index >= 15 is 0 Å². The van der Waals surface area contributed by atoms with Crippen LogP contribution in [-0.4, -0.2) is 37.0 Å². The summed E-state index contributed by atoms with van der Waals surface area (Å²) in [5, 5.41) is 0. The molecule has 168 valence electrons. The zero-order chi connectivity index (χ0) is 22.5. The van der Waals surface area contributed by atoms with Gasteiger partial charge in [0.1, 0.15) is 16.0 Å². The van der Waals surface area contributed by atoms with Crippen LogP contribution in [0.5, 0.6) is 0 Å². The summed E-state index contributed by atoms with van der Waals surface area (Å²) in [6.07, 6.45) is 4.88. The van der Waals surface area contributed by atoms with Crippen LogP contribution in [0.3, 0.4) is 0 Å². The number of H-pyrrole nitrogens is 1. The van der Waals surface area contributed by atoms with Crippen molar-refractivity contribution < 1.29 is 4.21 Å². The van der Waals surface area contributed by atoms with Crippen molar-refractivity contribution in [3.63, 3.8) is 0 Å². The van der Waals surface area contributed by atoms with Crippen molar-refractivity contribution in [3.8, 4) is 0 Å². The predicted octanol–water partition coefficient (Wildman–Crippen LogP) is 4.62. The fraction of sp³-hybridized carbons (Fsp3) is 0.458. The zero-order valence-corrected chi connectivity index (χ0v) is 20.4. The topological polar surface area (TPSA) is 73.9 Å². The maximum absolute atomic E-state index is 13.1. The third-order valence-electron chi connectivity index (χ3n) is 6.81. The molecular weight excluding hydrogens is 438 g/mol. The van der Waals surface area contributed by atoms with Crippen LogP contribution in [-0.2, 0) is 17.4 Å². The third-order valence-corrected chi connectivity index (χ3v) is 8.61. The highest BCUT2D eigenvalue weighted by molar-refractivity contribution is 7.84. The smallest absolute Gasteiger partial charge is 0.157 e. The van der Waals surface area contributed by atoms with Gasteiger partial charge in [-0.1, -0.05) is 36.5 Å². The molecule has 0 saturated carbocycles. The molecule has 3 aromatic rings. The van der Waals surface area contributed by atoms with E-state index in [1.54, 1.807) is 0 Å². The molecule has 0 radical (unpaired) electrons. The van der Waals surface area contributed by atoms with Crippen molar-refractivity contribution >= 4 is 40.2 Å². The Bertz CT molecular complexity index is 1240. The second kappa shape index (κ2) is 8.01. The highest BCUT2D eigenvalue weighted by Crippen LogP contribution is 2.52. The maximum Gasteiger partial charge on any atom is 0.157 e. The number of pyridine rings is 1. The molecule has 8 heteroatoms. The summed E-state index contributed by atoms with van der Waals surface area (Å²) < 4.78 is 16.9. The summed E-state index contributed by atoms with van der Waals surface area (Å²) in [5.41, 5.74) is 4.29. The van der Waals surface area contributed by atoms with E-state index < -0.39 is 11.0 Å². The van der Waals surface area contributed by atoms with Crippen molar-refractivity contribution in [2.45, 2.75) is 50.8 Å². The maximum atomic E-state index is 13.1. The minimum atomic E-state index is -1.12. The number of aromatic amines is 1. The first-order valence-corrected chi connectivity index (χ1v) is 12.7. The van der Waals surface area contributed by atoms with Crippen molar-refractivity contribution in [1.82, 2.24) is 19.7 Å². The number of anilines is 1. The summed E-state index contributed by atoms with van der Waals surface area (Å²) in [6.45, 7) is 7.87. The Morgan fingerprint density at radius 1 is 1.19 bits per heavy atom. The second-order valence-corrected chi connectivity index (χ2v) is 12.4. The van der Waals surface area contributed by atoms with E-state index in [0.29, 0.717) is 4.64 Å². The first-order chi connectivity index (χ1) is 15.2. The molecule has 2 atom stereocenters. The van der Waals surface area contributed by atoms with Gasteiger partial charge in [-0.25, -0.2) is 18.9 Å². The first-order valence-electron chi connectivity index (χ1n) is 11.1. The molecule has 1 spiro atoms. The number of aromatic nitrogens is 3. The van der Waals surface area contributed by atoms with Gasteiger partial charge in [0.2, 0.25) is 0 Å². The van der Waals surface area contributed by atoms with Gasteiger partial charge in [0, 0.05) is 13.1 Å².